The quantitative estimate of drug-likeness (QED) is 0.285. The van der Waals surface area contributed by atoms with Crippen LogP contribution >= 0.6 is 24.4 Å². The Morgan fingerprint density at radius 1 is 0.725 bits per heavy atom. The summed E-state index contributed by atoms with van der Waals surface area (Å²) in [5.74, 6) is 0.807. The van der Waals surface area contributed by atoms with Crippen molar-refractivity contribution in [2.24, 2.45) is 16.6 Å². The molecule has 0 aliphatic heterocycles. The number of hydrogen-bond donors (Lipinski definition) is 1. The van der Waals surface area contributed by atoms with Gasteiger partial charge in [0, 0.05) is 12.5 Å². The number of isothiocyanates is 1. The van der Waals surface area contributed by atoms with E-state index in [1.54, 1.807) is 24.3 Å². The third-order valence-electron chi connectivity index (χ3n) is 7.55. The fraction of sp³-hybridized carbons (Fsp3) is 0.529. The first-order valence-corrected chi connectivity index (χ1v) is 15.7. The van der Waals surface area contributed by atoms with Gasteiger partial charge in [-0.2, -0.15) is 15.5 Å². The lowest BCUT2D eigenvalue weighted by Crippen LogP contribution is -2.20. The topological polar surface area (TPSA) is 86.0 Å². The standard InChI is InChI=1S/C18H23NS.C8H4N2S.C8H17N/c19-14-17-10-8-16(9-11-17)13-18(20)12-15-6-4-2-1-3-5-7-15;9-5-7-1-3-8(4-2-7)10-6-11;9-8-6-4-2-1-3-5-7-8/h8-11,15H,1-7,12-13H2;1-4H;8H,1-7,9H2. The normalized spacial score (nSPS) is 16.3. The number of thiocarbonyl (C=S) groups is 2. The molecule has 0 spiro atoms. The van der Waals surface area contributed by atoms with Crippen LogP contribution in [-0.4, -0.2) is 16.1 Å². The second-order valence-corrected chi connectivity index (χ2v) is 11.7. The Morgan fingerprint density at radius 2 is 1.18 bits per heavy atom. The Morgan fingerprint density at radius 3 is 1.65 bits per heavy atom. The molecule has 6 heteroatoms. The first-order chi connectivity index (χ1) is 19.5. The summed E-state index contributed by atoms with van der Waals surface area (Å²) in [6, 6.07) is 19.3. The molecule has 40 heavy (non-hydrogen) atoms. The number of benzene rings is 2. The largest absolute Gasteiger partial charge is 0.328 e. The molecule has 0 heterocycles. The van der Waals surface area contributed by atoms with Gasteiger partial charge in [0.15, 0.2) is 0 Å². The molecule has 212 valence electrons. The van der Waals surface area contributed by atoms with Crippen LogP contribution < -0.4 is 5.73 Å². The van der Waals surface area contributed by atoms with Crippen molar-refractivity contribution in [3.8, 4) is 12.1 Å². The third kappa shape index (κ3) is 15.2. The van der Waals surface area contributed by atoms with Crippen molar-refractivity contribution >= 4 is 40.1 Å². The predicted molar refractivity (Wildman–Crippen MR) is 174 cm³/mol. The van der Waals surface area contributed by atoms with Crippen LogP contribution in [0.4, 0.5) is 5.69 Å². The van der Waals surface area contributed by atoms with Crippen molar-refractivity contribution in [1.82, 2.24) is 0 Å². The molecule has 2 aromatic rings. The van der Waals surface area contributed by atoms with Crippen molar-refractivity contribution in [2.75, 3.05) is 0 Å². The Bertz CT molecular complexity index is 1110. The van der Waals surface area contributed by atoms with Gasteiger partial charge in [-0.1, -0.05) is 101 Å². The van der Waals surface area contributed by atoms with Gasteiger partial charge in [-0.25, -0.2) is 0 Å². The average molecular weight is 573 g/mol. The molecule has 4 rings (SSSR count). The Labute approximate surface area is 252 Å². The van der Waals surface area contributed by atoms with E-state index in [-0.39, 0.29) is 0 Å². The summed E-state index contributed by atoms with van der Waals surface area (Å²) in [6.45, 7) is 0. The van der Waals surface area contributed by atoms with Crippen molar-refractivity contribution in [2.45, 2.75) is 109 Å². The van der Waals surface area contributed by atoms with Gasteiger partial charge in [-0.05, 0) is 84.2 Å². The van der Waals surface area contributed by atoms with Crippen LogP contribution in [0.2, 0.25) is 0 Å². The van der Waals surface area contributed by atoms with E-state index in [4.69, 9.17) is 28.5 Å². The number of nitrogens with zero attached hydrogens (tertiary/aromatic N) is 3. The molecule has 0 atom stereocenters. The van der Waals surface area contributed by atoms with Crippen LogP contribution in [-0.2, 0) is 6.42 Å². The van der Waals surface area contributed by atoms with Crippen LogP contribution in [0.25, 0.3) is 0 Å². The lowest BCUT2D eigenvalue weighted by atomic mass is 9.87. The molecule has 0 amide bonds. The molecular weight excluding hydrogens is 529 g/mol. The molecule has 0 unspecified atom stereocenters. The molecule has 0 radical (unpaired) electrons. The van der Waals surface area contributed by atoms with Gasteiger partial charge in [-0.3, -0.25) is 0 Å². The first kappa shape index (κ1) is 33.5. The van der Waals surface area contributed by atoms with E-state index < -0.39 is 0 Å². The number of hydrogen-bond acceptors (Lipinski definition) is 6. The zero-order valence-electron chi connectivity index (χ0n) is 23.8. The average Bonchev–Trinajstić information content (AvgIpc) is 2.94. The van der Waals surface area contributed by atoms with E-state index in [9.17, 15) is 0 Å². The van der Waals surface area contributed by atoms with E-state index >= 15 is 0 Å². The number of rotatable bonds is 5. The van der Waals surface area contributed by atoms with Crippen molar-refractivity contribution in [1.29, 1.82) is 10.5 Å². The highest BCUT2D eigenvalue weighted by Gasteiger charge is 2.13. The summed E-state index contributed by atoms with van der Waals surface area (Å²) < 4.78 is 0. The van der Waals surface area contributed by atoms with E-state index in [0.717, 1.165) is 30.0 Å². The first-order valence-electron chi connectivity index (χ1n) is 14.9. The second kappa shape index (κ2) is 21.1. The van der Waals surface area contributed by atoms with Crippen molar-refractivity contribution in [3.63, 3.8) is 0 Å². The molecule has 2 fully saturated rings. The van der Waals surface area contributed by atoms with Crippen molar-refractivity contribution in [3.05, 3.63) is 65.2 Å². The monoisotopic (exact) mass is 572 g/mol. The highest BCUT2D eigenvalue weighted by molar-refractivity contribution is 7.80. The number of aliphatic imine (C=N–C) groups is 1. The highest BCUT2D eigenvalue weighted by atomic mass is 32.1. The van der Waals surface area contributed by atoms with Gasteiger partial charge in [0.2, 0.25) is 0 Å². The number of nitriles is 2. The fourth-order valence-corrected chi connectivity index (χ4v) is 5.72. The van der Waals surface area contributed by atoms with Gasteiger partial charge in [0.25, 0.3) is 0 Å². The summed E-state index contributed by atoms with van der Waals surface area (Å²) in [6.07, 6.45) is 21.2. The van der Waals surface area contributed by atoms with Crippen molar-refractivity contribution < 1.29 is 0 Å². The third-order valence-corrected chi connectivity index (χ3v) is 7.95. The van der Waals surface area contributed by atoms with Gasteiger partial charge >= 0.3 is 0 Å². The summed E-state index contributed by atoms with van der Waals surface area (Å²) >= 11 is 10.0. The highest BCUT2D eigenvalue weighted by Crippen LogP contribution is 2.26. The molecule has 0 bridgehead atoms. The predicted octanol–water partition coefficient (Wildman–Crippen LogP) is 9.57. The van der Waals surface area contributed by atoms with E-state index in [1.165, 1.54) is 100 Å². The molecule has 4 nitrogen and oxygen atoms in total. The summed E-state index contributed by atoms with van der Waals surface area (Å²) in [5.41, 5.74) is 9.10. The molecule has 0 saturated heterocycles. The molecule has 2 saturated carbocycles. The van der Waals surface area contributed by atoms with E-state index in [1.807, 2.05) is 30.3 Å². The zero-order valence-corrected chi connectivity index (χ0v) is 25.5. The van der Waals surface area contributed by atoms with Crippen LogP contribution in [0.3, 0.4) is 0 Å². The maximum atomic E-state index is 8.80. The summed E-state index contributed by atoms with van der Waals surface area (Å²) in [5, 5.41) is 19.5. The lowest BCUT2D eigenvalue weighted by Gasteiger charge is -2.20. The van der Waals surface area contributed by atoms with Gasteiger partial charge in [-0.15, -0.1) is 0 Å². The fourth-order valence-electron chi connectivity index (χ4n) is 5.21. The minimum absolute atomic E-state index is 0.519. The van der Waals surface area contributed by atoms with Gasteiger partial charge in [0.1, 0.15) is 0 Å². The van der Waals surface area contributed by atoms with E-state index in [0.29, 0.717) is 11.6 Å². The van der Waals surface area contributed by atoms with Gasteiger partial charge < -0.3 is 5.73 Å². The lowest BCUT2D eigenvalue weighted by molar-refractivity contribution is 0.388. The second-order valence-electron chi connectivity index (χ2n) is 10.9. The minimum Gasteiger partial charge on any atom is -0.328 e. The molecule has 2 aliphatic carbocycles. The van der Waals surface area contributed by atoms with Gasteiger partial charge in [0.05, 0.1) is 34.1 Å². The molecule has 2 aromatic carbocycles. The zero-order chi connectivity index (χ0) is 28.8. The van der Waals surface area contributed by atoms with Crippen LogP contribution in [0.15, 0.2) is 53.5 Å². The summed E-state index contributed by atoms with van der Waals surface area (Å²) in [4.78, 5) is 4.92. The van der Waals surface area contributed by atoms with E-state index in [2.05, 4.69) is 28.4 Å². The van der Waals surface area contributed by atoms with Crippen LogP contribution in [0.5, 0.6) is 0 Å². The summed E-state index contributed by atoms with van der Waals surface area (Å²) in [7, 11) is 0. The number of nitrogens with two attached hydrogens (primary N) is 1. The minimum atomic E-state index is 0.519. The molecule has 2 aliphatic rings. The SMILES string of the molecule is N#Cc1ccc(CC(=S)CC2CCCCCCC2)cc1.N#Cc1ccc(N=C=S)cc1.NC1CCCCCCC1. The molecule has 2 N–H and O–H groups in total. The Hall–Kier alpha value is -2.73. The smallest absolute Gasteiger partial charge is 0.0991 e. The molecular formula is C34H44N4S2. The maximum Gasteiger partial charge on any atom is 0.0991 e. The Balaban J connectivity index is 0.000000235. The Kier molecular flexibility index (Phi) is 17.6. The van der Waals surface area contributed by atoms with Crippen LogP contribution in [0, 0.1) is 28.6 Å². The molecule has 0 aromatic heterocycles. The van der Waals surface area contributed by atoms with Crippen LogP contribution in [0.1, 0.15) is 113 Å². The maximum absolute atomic E-state index is 8.80.